The quantitative estimate of drug-likeness (QED) is 0.0467. The Morgan fingerprint density at radius 3 is 1.12 bits per heavy atom. The SMILES string of the molecule is CCCCCCCCCCCCCCCCCC(=O)OC(CCCCCC)CCCCCCCCCCC(=O)O.[MgH2]. The Labute approximate surface area is 272 Å². The number of carboxylic acids is 1. The van der Waals surface area contributed by atoms with E-state index in [0.29, 0.717) is 12.8 Å². The van der Waals surface area contributed by atoms with Crippen LogP contribution in [0.25, 0.3) is 0 Å². The third kappa shape index (κ3) is 35.8. The summed E-state index contributed by atoms with van der Waals surface area (Å²) in [5, 5.41) is 8.70. The number of hydrogen-bond donors (Lipinski definition) is 1. The van der Waals surface area contributed by atoms with Crippen molar-refractivity contribution in [3.05, 3.63) is 0 Å². The van der Waals surface area contributed by atoms with E-state index in [9.17, 15) is 9.59 Å². The van der Waals surface area contributed by atoms with Crippen molar-refractivity contribution in [2.75, 3.05) is 0 Å². The molecule has 0 aliphatic heterocycles. The van der Waals surface area contributed by atoms with Gasteiger partial charge in [-0.25, -0.2) is 0 Å². The number of hydrogen-bond acceptors (Lipinski definition) is 3. The summed E-state index contributed by atoms with van der Waals surface area (Å²) in [5.41, 5.74) is 0. The standard InChI is InChI=1S/C36H70O4.Mg.2H/c1-3-5-7-9-10-11-12-13-14-15-16-17-22-25-29-33-36(39)40-34(30-26-8-6-4-2)31-27-23-20-18-19-21-24-28-32-35(37)38;;;/h34H,3-33H2,1-2H3,(H,37,38);;;. The summed E-state index contributed by atoms with van der Waals surface area (Å²) >= 11 is 0. The molecule has 242 valence electrons. The van der Waals surface area contributed by atoms with Crippen LogP contribution >= 0.6 is 0 Å². The molecule has 0 saturated carbocycles. The van der Waals surface area contributed by atoms with Crippen molar-refractivity contribution >= 4 is 35.0 Å². The van der Waals surface area contributed by atoms with Crippen LogP contribution in [0.4, 0.5) is 0 Å². The van der Waals surface area contributed by atoms with Gasteiger partial charge in [0.15, 0.2) is 0 Å². The minimum absolute atomic E-state index is 0. The van der Waals surface area contributed by atoms with Gasteiger partial charge in [0.25, 0.3) is 0 Å². The van der Waals surface area contributed by atoms with Gasteiger partial charge in [-0.05, 0) is 38.5 Å². The van der Waals surface area contributed by atoms with E-state index in [1.807, 2.05) is 0 Å². The molecule has 0 aliphatic rings. The molecule has 0 saturated heterocycles. The van der Waals surface area contributed by atoms with Crippen molar-refractivity contribution in [3.63, 3.8) is 0 Å². The zero-order valence-corrected chi connectivity index (χ0v) is 27.2. The molecule has 0 aromatic rings. The second-order valence-electron chi connectivity index (χ2n) is 12.4. The largest absolute Gasteiger partial charge is 0.481 e. The van der Waals surface area contributed by atoms with Crippen LogP contribution in [0.15, 0.2) is 0 Å². The van der Waals surface area contributed by atoms with Crippen LogP contribution in [0.5, 0.6) is 0 Å². The van der Waals surface area contributed by atoms with E-state index in [4.69, 9.17) is 9.84 Å². The first-order chi connectivity index (χ1) is 19.6. The lowest BCUT2D eigenvalue weighted by Gasteiger charge is -2.18. The Balaban J connectivity index is 0. The Morgan fingerprint density at radius 2 is 0.756 bits per heavy atom. The highest BCUT2D eigenvalue weighted by Gasteiger charge is 2.14. The molecule has 1 unspecified atom stereocenters. The molecule has 0 spiro atoms. The van der Waals surface area contributed by atoms with Gasteiger partial charge in [-0.3, -0.25) is 9.59 Å². The summed E-state index contributed by atoms with van der Waals surface area (Å²) in [5.74, 6) is -0.656. The van der Waals surface area contributed by atoms with Crippen LogP contribution in [0, 0.1) is 0 Å². The van der Waals surface area contributed by atoms with E-state index in [1.165, 1.54) is 135 Å². The lowest BCUT2D eigenvalue weighted by molar-refractivity contribution is -0.150. The summed E-state index contributed by atoms with van der Waals surface area (Å²) in [6.45, 7) is 4.52. The Hall–Kier alpha value is -0.294. The topological polar surface area (TPSA) is 63.6 Å². The predicted molar refractivity (Wildman–Crippen MR) is 181 cm³/mol. The summed E-state index contributed by atoms with van der Waals surface area (Å²) in [4.78, 5) is 23.1. The first-order valence-electron chi connectivity index (χ1n) is 18.0. The van der Waals surface area contributed by atoms with Crippen LogP contribution in [0.2, 0.25) is 0 Å². The minimum Gasteiger partial charge on any atom is -0.481 e. The van der Waals surface area contributed by atoms with E-state index >= 15 is 0 Å². The molecule has 0 amide bonds. The lowest BCUT2D eigenvalue weighted by Crippen LogP contribution is -2.18. The van der Waals surface area contributed by atoms with Crippen molar-refractivity contribution in [3.8, 4) is 0 Å². The van der Waals surface area contributed by atoms with E-state index in [2.05, 4.69) is 13.8 Å². The highest BCUT2D eigenvalue weighted by atomic mass is 24.3. The Morgan fingerprint density at radius 1 is 0.463 bits per heavy atom. The molecule has 5 heteroatoms. The second-order valence-corrected chi connectivity index (χ2v) is 12.4. The van der Waals surface area contributed by atoms with Gasteiger partial charge in [-0.1, -0.05) is 162 Å². The van der Waals surface area contributed by atoms with Crippen molar-refractivity contribution in [1.29, 1.82) is 0 Å². The number of aliphatic carboxylic acids is 1. The first kappa shape index (κ1) is 42.8. The number of carbonyl (C=O) groups excluding carboxylic acids is 1. The van der Waals surface area contributed by atoms with E-state index in [0.717, 1.165) is 51.4 Å². The maximum atomic E-state index is 12.5. The lowest BCUT2D eigenvalue weighted by atomic mass is 10.0. The molecule has 4 nitrogen and oxygen atoms in total. The summed E-state index contributed by atoms with van der Waals surface area (Å²) in [6, 6.07) is 0. The number of unbranched alkanes of at least 4 members (excludes halogenated alkanes) is 24. The van der Waals surface area contributed by atoms with Gasteiger partial charge in [0.2, 0.25) is 0 Å². The van der Waals surface area contributed by atoms with Crippen molar-refractivity contribution in [2.24, 2.45) is 0 Å². The normalized spacial score (nSPS) is 11.8. The summed E-state index contributed by atoms with van der Waals surface area (Å²) in [6.07, 6.45) is 37.1. The first-order valence-corrected chi connectivity index (χ1v) is 18.0. The van der Waals surface area contributed by atoms with Gasteiger partial charge in [0.05, 0.1) is 0 Å². The molecule has 1 N–H and O–H groups in total. The summed E-state index contributed by atoms with van der Waals surface area (Å²) in [7, 11) is 0. The molecule has 0 radical (unpaired) electrons. The molecule has 41 heavy (non-hydrogen) atoms. The molecule has 0 bridgehead atoms. The average Bonchev–Trinajstić information content (AvgIpc) is 2.93. The fraction of sp³-hybridized carbons (Fsp3) is 0.944. The van der Waals surface area contributed by atoms with Crippen LogP contribution in [0.3, 0.4) is 0 Å². The van der Waals surface area contributed by atoms with Crippen LogP contribution in [-0.2, 0) is 14.3 Å². The fourth-order valence-electron chi connectivity index (χ4n) is 5.66. The average molecular weight is 593 g/mol. The molecule has 0 fully saturated rings. The fourth-order valence-corrected chi connectivity index (χ4v) is 5.66. The number of carbonyl (C=O) groups is 2. The number of carboxylic acid groups (broad SMARTS) is 1. The highest BCUT2D eigenvalue weighted by Crippen LogP contribution is 2.19. The van der Waals surface area contributed by atoms with Crippen LogP contribution < -0.4 is 0 Å². The van der Waals surface area contributed by atoms with Crippen LogP contribution in [-0.4, -0.2) is 46.2 Å². The van der Waals surface area contributed by atoms with Gasteiger partial charge < -0.3 is 9.84 Å². The van der Waals surface area contributed by atoms with Crippen molar-refractivity contribution < 1.29 is 19.4 Å². The van der Waals surface area contributed by atoms with Gasteiger partial charge in [0.1, 0.15) is 6.10 Å². The molecule has 0 heterocycles. The second kappa shape index (κ2) is 35.9. The highest BCUT2D eigenvalue weighted by molar-refractivity contribution is 5.75. The number of rotatable bonds is 33. The molecule has 0 aliphatic carbocycles. The maximum absolute atomic E-state index is 12.5. The third-order valence-corrected chi connectivity index (χ3v) is 8.33. The monoisotopic (exact) mass is 593 g/mol. The minimum atomic E-state index is -0.681. The Bertz CT molecular complexity index is 540. The zero-order valence-electron chi connectivity index (χ0n) is 27.2. The molecular formula is C36H72MgO4. The Kier molecular flexibility index (Phi) is 37.5. The molecule has 0 rings (SSSR count). The van der Waals surface area contributed by atoms with Gasteiger partial charge in [-0.2, -0.15) is 0 Å². The predicted octanol–water partition coefficient (Wildman–Crippen LogP) is 11.2. The van der Waals surface area contributed by atoms with Gasteiger partial charge >= 0.3 is 35.0 Å². The molecule has 0 aromatic carbocycles. The van der Waals surface area contributed by atoms with Gasteiger partial charge in [0, 0.05) is 12.8 Å². The van der Waals surface area contributed by atoms with Crippen molar-refractivity contribution in [2.45, 2.75) is 219 Å². The molecule has 0 aromatic heterocycles. The third-order valence-electron chi connectivity index (χ3n) is 8.33. The number of ether oxygens (including phenoxy) is 1. The van der Waals surface area contributed by atoms with E-state index < -0.39 is 5.97 Å². The molecule has 1 atom stereocenters. The van der Waals surface area contributed by atoms with Crippen molar-refractivity contribution in [1.82, 2.24) is 0 Å². The van der Waals surface area contributed by atoms with E-state index in [1.54, 1.807) is 0 Å². The van der Waals surface area contributed by atoms with E-state index in [-0.39, 0.29) is 35.1 Å². The van der Waals surface area contributed by atoms with Crippen LogP contribution in [0.1, 0.15) is 213 Å². The van der Waals surface area contributed by atoms with Gasteiger partial charge in [-0.15, -0.1) is 0 Å². The zero-order chi connectivity index (χ0) is 29.4. The molecular weight excluding hydrogens is 521 g/mol. The smallest absolute Gasteiger partial charge is 0.316 e. The number of esters is 1. The summed E-state index contributed by atoms with van der Waals surface area (Å²) < 4.78 is 5.95. The maximum Gasteiger partial charge on any atom is 0.316 e.